The third-order valence-electron chi connectivity index (χ3n) is 7.75. The fourth-order valence-electron chi connectivity index (χ4n) is 6.07. The molecule has 0 atom stereocenters. The molecule has 0 N–H and O–H groups in total. The highest BCUT2D eigenvalue weighted by atomic mass is 32.2. The minimum atomic E-state index is 0.691. The molecule has 5 aromatic carbocycles. The van der Waals surface area contributed by atoms with Crippen molar-refractivity contribution < 1.29 is 0 Å². The Morgan fingerprint density at radius 1 is 0.590 bits per heavy atom. The quantitative estimate of drug-likeness (QED) is 0.230. The SMILES string of the molecule is c1ccc(-n2ccc3ccc4c5ccccc5n(-c5nc6c7c(cccc7n5)Sc5ccccc5-6)c4c32)cc1. The number of nitrogens with zero attached hydrogens (tertiary/aromatic N) is 4. The Morgan fingerprint density at radius 3 is 2.36 bits per heavy atom. The Kier molecular flexibility index (Phi) is 4.23. The van der Waals surface area contributed by atoms with Crippen LogP contribution in [0, 0.1) is 0 Å². The van der Waals surface area contributed by atoms with Gasteiger partial charge in [-0.1, -0.05) is 84.6 Å². The van der Waals surface area contributed by atoms with Crippen molar-refractivity contribution in [2.75, 3.05) is 0 Å². The number of rotatable bonds is 2. The van der Waals surface area contributed by atoms with Crippen LogP contribution in [0.3, 0.4) is 0 Å². The molecule has 3 aromatic heterocycles. The number of aromatic nitrogens is 4. The van der Waals surface area contributed by atoms with Gasteiger partial charge in [0.2, 0.25) is 5.95 Å². The minimum Gasteiger partial charge on any atom is -0.315 e. The van der Waals surface area contributed by atoms with Crippen molar-refractivity contribution >= 4 is 55.4 Å². The summed E-state index contributed by atoms with van der Waals surface area (Å²) in [6.07, 6.45) is 2.16. The molecular formula is C34H20N4S. The van der Waals surface area contributed by atoms with Crippen molar-refractivity contribution in [1.29, 1.82) is 0 Å². The van der Waals surface area contributed by atoms with Crippen LogP contribution in [-0.2, 0) is 0 Å². The van der Waals surface area contributed by atoms with Crippen molar-refractivity contribution in [3.05, 3.63) is 121 Å². The second-order valence-electron chi connectivity index (χ2n) is 9.89. The van der Waals surface area contributed by atoms with Gasteiger partial charge in [0.25, 0.3) is 0 Å². The van der Waals surface area contributed by atoms with Gasteiger partial charge >= 0.3 is 0 Å². The van der Waals surface area contributed by atoms with E-state index in [-0.39, 0.29) is 0 Å². The van der Waals surface area contributed by atoms with Crippen LogP contribution in [0.25, 0.3) is 66.5 Å². The Bertz CT molecular complexity index is 2260. The molecule has 0 unspecified atom stereocenters. The molecule has 182 valence electrons. The molecule has 0 spiro atoms. The lowest BCUT2D eigenvalue weighted by atomic mass is 10.1. The first-order valence-electron chi connectivity index (χ1n) is 13.0. The number of para-hydroxylation sites is 2. The molecule has 0 saturated heterocycles. The average Bonchev–Trinajstić information content (AvgIpc) is 3.57. The second kappa shape index (κ2) is 7.82. The normalized spacial score (nSPS) is 12.5. The Morgan fingerprint density at radius 2 is 1.41 bits per heavy atom. The second-order valence-corrected chi connectivity index (χ2v) is 11.0. The zero-order chi connectivity index (χ0) is 25.5. The first-order valence-corrected chi connectivity index (χ1v) is 13.8. The van der Waals surface area contributed by atoms with Gasteiger partial charge < -0.3 is 4.57 Å². The highest BCUT2D eigenvalue weighted by Crippen LogP contribution is 2.47. The largest absolute Gasteiger partial charge is 0.315 e. The van der Waals surface area contributed by atoms with E-state index in [1.54, 1.807) is 11.8 Å². The maximum atomic E-state index is 5.34. The average molecular weight is 517 g/mol. The molecule has 4 heterocycles. The van der Waals surface area contributed by atoms with E-state index in [0.717, 1.165) is 44.4 Å². The predicted octanol–water partition coefficient (Wildman–Crippen LogP) is 8.80. The zero-order valence-electron chi connectivity index (χ0n) is 20.7. The number of hydrogen-bond donors (Lipinski definition) is 0. The van der Waals surface area contributed by atoms with E-state index in [1.165, 1.54) is 25.9 Å². The van der Waals surface area contributed by atoms with Gasteiger partial charge in [-0.25, -0.2) is 9.97 Å². The van der Waals surface area contributed by atoms with Gasteiger partial charge in [0, 0.05) is 48.8 Å². The Labute approximate surface area is 228 Å². The van der Waals surface area contributed by atoms with Crippen LogP contribution in [0.15, 0.2) is 131 Å². The molecule has 39 heavy (non-hydrogen) atoms. The first-order chi connectivity index (χ1) is 19.3. The summed E-state index contributed by atoms with van der Waals surface area (Å²) in [6.45, 7) is 0. The first kappa shape index (κ1) is 21.1. The molecule has 0 amide bonds. The van der Waals surface area contributed by atoms with E-state index in [2.05, 4.69) is 131 Å². The highest BCUT2D eigenvalue weighted by Gasteiger charge is 2.24. The fourth-order valence-corrected chi connectivity index (χ4v) is 7.18. The third-order valence-corrected chi connectivity index (χ3v) is 8.89. The molecule has 1 aliphatic heterocycles. The summed E-state index contributed by atoms with van der Waals surface area (Å²) < 4.78 is 4.54. The van der Waals surface area contributed by atoms with Gasteiger partial charge in [0.15, 0.2) is 0 Å². The monoisotopic (exact) mass is 516 g/mol. The van der Waals surface area contributed by atoms with Crippen molar-refractivity contribution in [2.45, 2.75) is 9.79 Å². The highest BCUT2D eigenvalue weighted by molar-refractivity contribution is 7.99. The number of fused-ring (bicyclic) bond motifs is 7. The van der Waals surface area contributed by atoms with Gasteiger partial charge in [0.05, 0.1) is 27.8 Å². The Hall–Kier alpha value is -4.87. The van der Waals surface area contributed by atoms with E-state index in [4.69, 9.17) is 9.97 Å². The maximum Gasteiger partial charge on any atom is 0.235 e. The van der Waals surface area contributed by atoms with E-state index < -0.39 is 0 Å². The van der Waals surface area contributed by atoms with Gasteiger partial charge in [-0.3, -0.25) is 4.57 Å². The van der Waals surface area contributed by atoms with Crippen molar-refractivity contribution in [3.63, 3.8) is 0 Å². The van der Waals surface area contributed by atoms with Gasteiger partial charge in [-0.2, -0.15) is 0 Å². The van der Waals surface area contributed by atoms with Crippen molar-refractivity contribution in [2.24, 2.45) is 0 Å². The lowest BCUT2D eigenvalue weighted by Crippen LogP contribution is -2.06. The van der Waals surface area contributed by atoms with Crippen LogP contribution in [-0.4, -0.2) is 19.1 Å². The lowest BCUT2D eigenvalue weighted by Gasteiger charge is -2.20. The molecule has 0 fully saturated rings. The number of benzene rings is 5. The molecule has 4 nitrogen and oxygen atoms in total. The van der Waals surface area contributed by atoms with Gasteiger partial charge in [-0.15, -0.1) is 0 Å². The van der Waals surface area contributed by atoms with Crippen LogP contribution in [0.4, 0.5) is 0 Å². The fraction of sp³-hybridized carbons (Fsp3) is 0. The molecule has 5 heteroatoms. The topological polar surface area (TPSA) is 35.6 Å². The summed E-state index contributed by atoms with van der Waals surface area (Å²) in [6, 6.07) is 40.7. The molecule has 0 aliphatic carbocycles. The summed E-state index contributed by atoms with van der Waals surface area (Å²) in [5.41, 5.74) is 7.61. The maximum absolute atomic E-state index is 5.34. The lowest BCUT2D eigenvalue weighted by molar-refractivity contribution is 1.01. The minimum absolute atomic E-state index is 0.691. The molecule has 9 rings (SSSR count). The summed E-state index contributed by atoms with van der Waals surface area (Å²) in [5.74, 6) is 0.691. The Balaban J connectivity index is 1.46. The van der Waals surface area contributed by atoms with Crippen LogP contribution < -0.4 is 0 Å². The molecule has 0 saturated carbocycles. The summed E-state index contributed by atoms with van der Waals surface area (Å²) in [5, 5.41) is 4.69. The van der Waals surface area contributed by atoms with Gasteiger partial charge in [-0.05, 0) is 42.5 Å². The smallest absolute Gasteiger partial charge is 0.235 e. The predicted molar refractivity (Wildman–Crippen MR) is 160 cm³/mol. The zero-order valence-corrected chi connectivity index (χ0v) is 21.6. The molecule has 8 aromatic rings. The molecule has 1 aliphatic rings. The van der Waals surface area contributed by atoms with Crippen LogP contribution in [0.5, 0.6) is 0 Å². The van der Waals surface area contributed by atoms with Crippen LogP contribution >= 0.6 is 11.8 Å². The van der Waals surface area contributed by atoms with E-state index in [1.807, 2.05) is 0 Å². The molecular weight excluding hydrogens is 496 g/mol. The summed E-state index contributed by atoms with van der Waals surface area (Å²) in [7, 11) is 0. The van der Waals surface area contributed by atoms with Crippen LogP contribution in [0.2, 0.25) is 0 Å². The van der Waals surface area contributed by atoms with Crippen molar-refractivity contribution in [1.82, 2.24) is 19.1 Å². The van der Waals surface area contributed by atoms with E-state index in [0.29, 0.717) is 5.95 Å². The number of hydrogen-bond acceptors (Lipinski definition) is 3. The van der Waals surface area contributed by atoms with Crippen LogP contribution in [0.1, 0.15) is 0 Å². The molecule has 0 radical (unpaired) electrons. The van der Waals surface area contributed by atoms with Crippen molar-refractivity contribution in [3.8, 4) is 22.9 Å². The van der Waals surface area contributed by atoms with Gasteiger partial charge in [0.1, 0.15) is 0 Å². The standard InChI is InChI=1S/C34H20N4S/c1-2-9-22(10-3-1)37-20-19-21-17-18-24-23-11-4-6-14-27(23)38(33(24)32(21)37)34-35-26-13-8-16-29-30(26)31(36-34)25-12-5-7-15-28(25)39-29/h1-20H. The molecule has 0 bridgehead atoms. The third kappa shape index (κ3) is 2.90. The summed E-state index contributed by atoms with van der Waals surface area (Å²) >= 11 is 1.80. The summed E-state index contributed by atoms with van der Waals surface area (Å²) in [4.78, 5) is 13.0. The van der Waals surface area contributed by atoms with E-state index in [9.17, 15) is 0 Å². The van der Waals surface area contributed by atoms with E-state index >= 15 is 0 Å².